The van der Waals surface area contributed by atoms with Crippen molar-refractivity contribution in [2.45, 2.75) is 76.8 Å². The molecule has 0 radical (unpaired) electrons. The topological polar surface area (TPSA) is 89.6 Å². The number of nitrogens with two attached hydrogens (primary N) is 1. The zero-order chi connectivity index (χ0) is 20.2. The summed E-state index contributed by atoms with van der Waals surface area (Å²) in [7, 11) is 0. The molecule has 2 aliphatic heterocycles. The summed E-state index contributed by atoms with van der Waals surface area (Å²) in [6.45, 7) is 9.19. The highest BCUT2D eigenvalue weighted by Gasteiger charge is 2.41. The highest BCUT2D eigenvalue weighted by atomic mass is 127. The molecule has 1 amide bonds. The predicted molar refractivity (Wildman–Crippen MR) is 123 cm³/mol. The van der Waals surface area contributed by atoms with Crippen LogP contribution in [0.4, 0.5) is 4.79 Å². The Morgan fingerprint density at radius 1 is 1.10 bits per heavy atom. The first-order valence-electron chi connectivity index (χ1n) is 10.6. The normalized spacial score (nSPS) is 25.5. The molecule has 2 saturated heterocycles. The van der Waals surface area contributed by atoms with Crippen LogP contribution in [0.2, 0.25) is 0 Å². The fourth-order valence-electron chi connectivity index (χ4n) is 3.98. The van der Waals surface area contributed by atoms with E-state index in [9.17, 15) is 4.79 Å². The van der Waals surface area contributed by atoms with Crippen LogP contribution in [0.15, 0.2) is 4.99 Å². The molecule has 1 aliphatic carbocycles. The van der Waals surface area contributed by atoms with Gasteiger partial charge in [-0.1, -0.05) is 12.8 Å². The number of guanidine groups is 1. The number of nitrogens with zero attached hydrogens (tertiary/aromatic N) is 3. The molecule has 3 rings (SSSR count). The fourth-order valence-corrected chi connectivity index (χ4v) is 3.98. The maximum Gasteiger partial charge on any atom is 0.410 e. The molecule has 0 aromatic heterocycles. The lowest BCUT2D eigenvalue weighted by Crippen LogP contribution is -2.53. The predicted octanol–water partition coefficient (Wildman–Crippen LogP) is 2.94. The Morgan fingerprint density at radius 3 is 2.28 bits per heavy atom. The van der Waals surface area contributed by atoms with Crippen molar-refractivity contribution in [1.82, 2.24) is 9.80 Å². The van der Waals surface area contributed by atoms with E-state index in [0.717, 1.165) is 12.8 Å². The molecule has 1 spiro atoms. The Labute approximate surface area is 191 Å². The number of amides is 1. The lowest BCUT2D eigenvalue weighted by molar-refractivity contribution is -0.174. The Morgan fingerprint density at radius 2 is 1.69 bits per heavy atom. The van der Waals surface area contributed by atoms with E-state index in [1.165, 1.54) is 25.7 Å². The summed E-state index contributed by atoms with van der Waals surface area (Å²) in [5.41, 5.74) is 5.71. The van der Waals surface area contributed by atoms with E-state index in [2.05, 4.69) is 4.99 Å². The van der Waals surface area contributed by atoms with Crippen molar-refractivity contribution in [3.05, 3.63) is 0 Å². The number of piperazine rings is 1. The largest absolute Gasteiger partial charge is 0.444 e. The molecule has 3 aliphatic rings. The summed E-state index contributed by atoms with van der Waals surface area (Å²) in [6.07, 6.45) is 6.52. The number of halogens is 1. The number of hydrogen-bond acceptors (Lipinski definition) is 5. The Hall–Kier alpha value is -0.810. The van der Waals surface area contributed by atoms with Crippen LogP contribution in [0.1, 0.15) is 59.3 Å². The first kappa shape index (κ1) is 24.5. The molecule has 0 aromatic carbocycles. The van der Waals surface area contributed by atoms with Crippen molar-refractivity contribution in [3.63, 3.8) is 0 Å². The molecule has 1 unspecified atom stereocenters. The van der Waals surface area contributed by atoms with Gasteiger partial charge in [-0.05, 0) is 33.6 Å². The van der Waals surface area contributed by atoms with Crippen molar-refractivity contribution >= 4 is 36.0 Å². The van der Waals surface area contributed by atoms with Crippen LogP contribution in [0, 0.1) is 0 Å². The summed E-state index contributed by atoms with van der Waals surface area (Å²) in [5, 5.41) is 0. The number of rotatable bonds is 2. The molecule has 1 atom stereocenters. The molecule has 168 valence electrons. The minimum absolute atomic E-state index is 0. The van der Waals surface area contributed by atoms with Crippen LogP contribution in [-0.2, 0) is 14.2 Å². The number of carbonyl (C=O) groups is 1. The zero-order valence-corrected chi connectivity index (χ0v) is 20.4. The standard InChI is InChI=1S/C20H36N4O4.HI/c1-19(2,3)28-18(25)24-12-10-23(11-13-24)17(21)22-14-16-15-26-20(27-16)8-6-4-5-7-9-20;/h16H,4-15H2,1-3H3,(H2,21,22);1H. The molecule has 0 aromatic rings. The third kappa shape index (κ3) is 7.13. The minimum atomic E-state index is -0.479. The number of aliphatic imine (C=N–C) groups is 1. The van der Waals surface area contributed by atoms with Crippen LogP contribution < -0.4 is 5.73 Å². The molecule has 9 heteroatoms. The lowest BCUT2D eigenvalue weighted by Gasteiger charge is -2.36. The van der Waals surface area contributed by atoms with Crippen molar-refractivity contribution in [3.8, 4) is 0 Å². The first-order valence-corrected chi connectivity index (χ1v) is 10.6. The van der Waals surface area contributed by atoms with Gasteiger partial charge in [0.1, 0.15) is 11.7 Å². The van der Waals surface area contributed by atoms with Crippen molar-refractivity contribution in [1.29, 1.82) is 0 Å². The smallest absolute Gasteiger partial charge is 0.410 e. The SMILES string of the molecule is CC(C)(C)OC(=O)N1CCN(C(N)=NCC2COC3(CCCCCC3)O2)CC1.I. The summed E-state index contributed by atoms with van der Waals surface area (Å²) >= 11 is 0. The molecule has 1 saturated carbocycles. The van der Waals surface area contributed by atoms with Gasteiger partial charge in [-0.25, -0.2) is 4.79 Å². The van der Waals surface area contributed by atoms with E-state index in [-0.39, 0.29) is 42.0 Å². The molecule has 2 N–H and O–H groups in total. The van der Waals surface area contributed by atoms with Gasteiger partial charge in [0.15, 0.2) is 11.7 Å². The maximum atomic E-state index is 12.2. The van der Waals surface area contributed by atoms with Crippen molar-refractivity contribution < 1.29 is 19.0 Å². The van der Waals surface area contributed by atoms with E-state index >= 15 is 0 Å². The van der Waals surface area contributed by atoms with Gasteiger partial charge in [0.2, 0.25) is 0 Å². The second-order valence-electron chi connectivity index (χ2n) is 9.03. The third-order valence-electron chi connectivity index (χ3n) is 5.49. The highest BCUT2D eigenvalue weighted by Crippen LogP contribution is 2.36. The minimum Gasteiger partial charge on any atom is -0.444 e. The molecule has 2 heterocycles. The van der Waals surface area contributed by atoms with Gasteiger partial charge in [-0.3, -0.25) is 4.99 Å². The summed E-state index contributed by atoms with van der Waals surface area (Å²) in [6, 6.07) is 0. The van der Waals surface area contributed by atoms with Gasteiger partial charge in [0.25, 0.3) is 0 Å². The van der Waals surface area contributed by atoms with Gasteiger partial charge >= 0.3 is 6.09 Å². The fraction of sp³-hybridized carbons (Fsp3) is 0.900. The molecule has 29 heavy (non-hydrogen) atoms. The summed E-state index contributed by atoms with van der Waals surface area (Å²) in [5.74, 6) is 0.124. The van der Waals surface area contributed by atoms with E-state index in [1.807, 2.05) is 25.7 Å². The van der Waals surface area contributed by atoms with Gasteiger partial charge in [-0.15, -0.1) is 24.0 Å². The third-order valence-corrected chi connectivity index (χ3v) is 5.49. The van der Waals surface area contributed by atoms with Crippen LogP contribution in [0.3, 0.4) is 0 Å². The van der Waals surface area contributed by atoms with Crippen molar-refractivity contribution in [2.75, 3.05) is 39.3 Å². The van der Waals surface area contributed by atoms with E-state index in [1.54, 1.807) is 4.90 Å². The van der Waals surface area contributed by atoms with Crippen LogP contribution in [-0.4, -0.2) is 78.7 Å². The Balaban J connectivity index is 0.00000300. The maximum absolute atomic E-state index is 12.2. The number of carbonyl (C=O) groups excluding carboxylic acids is 1. The van der Waals surface area contributed by atoms with Crippen LogP contribution in [0.25, 0.3) is 0 Å². The van der Waals surface area contributed by atoms with Crippen LogP contribution in [0.5, 0.6) is 0 Å². The zero-order valence-electron chi connectivity index (χ0n) is 18.0. The quantitative estimate of drug-likeness (QED) is 0.340. The van der Waals surface area contributed by atoms with Crippen LogP contribution >= 0.6 is 24.0 Å². The second kappa shape index (κ2) is 10.5. The monoisotopic (exact) mass is 524 g/mol. The Kier molecular flexibility index (Phi) is 8.84. The molecular weight excluding hydrogens is 487 g/mol. The highest BCUT2D eigenvalue weighted by molar-refractivity contribution is 14.0. The van der Waals surface area contributed by atoms with Gasteiger partial charge in [0, 0.05) is 39.0 Å². The van der Waals surface area contributed by atoms with E-state index in [0.29, 0.717) is 45.3 Å². The van der Waals surface area contributed by atoms with E-state index in [4.69, 9.17) is 19.9 Å². The summed E-state index contributed by atoms with van der Waals surface area (Å²) < 4.78 is 17.7. The van der Waals surface area contributed by atoms with Gasteiger partial charge in [0.05, 0.1) is 13.2 Å². The average Bonchev–Trinajstić information content (AvgIpc) is 2.89. The number of ether oxygens (including phenoxy) is 3. The summed E-state index contributed by atoms with van der Waals surface area (Å²) in [4.78, 5) is 20.4. The molecular formula is C20H37IN4O4. The average molecular weight is 524 g/mol. The Bertz CT molecular complexity index is 565. The second-order valence-corrected chi connectivity index (χ2v) is 9.03. The van der Waals surface area contributed by atoms with Gasteiger partial charge < -0.3 is 29.7 Å². The molecule has 8 nitrogen and oxygen atoms in total. The lowest BCUT2D eigenvalue weighted by atomic mass is 10.1. The number of hydrogen-bond donors (Lipinski definition) is 1. The molecule has 0 bridgehead atoms. The first-order chi connectivity index (χ1) is 13.3. The van der Waals surface area contributed by atoms with Gasteiger partial charge in [-0.2, -0.15) is 0 Å². The molecule has 3 fully saturated rings. The van der Waals surface area contributed by atoms with E-state index < -0.39 is 5.60 Å². The van der Waals surface area contributed by atoms with Crippen molar-refractivity contribution in [2.24, 2.45) is 10.7 Å².